The van der Waals surface area contributed by atoms with E-state index in [1.54, 1.807) is 12.0 Å². The highest BCUT2D eigenvalue weighted by Crippen LogP contribution is 2.16. The van der Waals surface area contributed by atoms with Crippen molar-refractivity contribution >= 4 is 11.8 Å². The smallest absolute Gasteiger partial charge is 0.226 e. The molecule has 0 aliphatic carbocycles. The zero-order valence-electron chi connectivity index (χ0n) is 11.2. The van der Waals surface area contributed by atoms with Gasteiger partial charge < -0.3 is 15.0 Å². The van der Waals surface area contributed by atoms with Crippen LogP contribution < -0.4 is 10.1 Å². The molecule has 1 aliphatic heterocycles. The van der Waals surface area contributed by atoms with Crippen molar-refractivity contribution in [3.8, 4) is 5.75 Å². The van der Waals surface area contributed by atoms with Crippen molar-refractivity contribution in [1.29, 1.82) is 0 Å². The molecule has 1 saturated heterocycles. The fourth-order valence-electron chi connectivity index (χ4n) is 1.98. The summed E-state index contributed by atoms with van der Waals surface area (Å²) in [5.74, 6) is 0.765. The molecule has 5 nitrogen and oxygen atoms in total. The largest absolute Gasteiger partial charge is 0.497 e. The van der Waals surface area contributed by atoms with E-state index in [2.05, 4.69) is 5.32 Å². The minimum absolute atomic E-state index is 0.00770. The van der Waals surface area contributed by atoms with Gasteiger partial charge in [0.25, 0.3) is 0 Å². The van der Waals surface area contributed by atoms with Crippen LogP contribution in [-0.4, -0.2) is 36.9 Å². The number of ether oxygens (including phenoxy) is 1. The lowest BCUT2D eigenvalue weighted by atomic mass is 9.99. The minimum atomic E-state index is -0.0675. The summed E-state index contributed by atoms with van der Waals surface area (Å²) in [4.78, 5) is 24.5. The Morgan fingerprint density at radius 3 is 2.47 bits per heavy atom. The molecule has 0 spiro atoms. The molecule has 0 aromatic heterocycles. The Balaban J connectivity index is 1.76. The zero-order chi connectivity index (χ0) is 13.8. The first-order valence-electron chi connectivity index (χ1n) is 6.26. The van der Waals surface area contributed by atoms with Gasteiger partial charge in [-0.25, -0.2) is 0 Å². The van der Waals surface area contributed by atoms with Gasteiger partial charge in [0.2, 0.25) is 11.8 Å². The predicted molar refractivity (Wildman–Crippen MR) is 70.6 cm³/mol. The number of nitrogens with one attached hydrogen (secondary N) is 1. The molecule has 0 saturated carbocycles. The Morgan fingerprint density at radius 1 is 1.32 bits per heavy atom. The first-order valence-corrected chi connectivity index (χ1v) is 6.26. The summed E-state index contributed by atoms with van der Waals surface area (Å²) < 4.78 is 5.07. The van der Waals surface area contributed by atoms with Crippen LogP contribution in [0, 0.1) is 5.92 Å². The molecule has 102 valence electrons. The number of hydrogen-bond acceptors (Lipinski definition) is 3. The maximum atomic E-state index is 11.8. The molecule has 0 bridgehead atoms. The third-order valence-electron chi connectivity index (χ3n) is 3.32. The van der Waals surface area contributed by atoms with Crippen LogP contribution in [0.5, 0.6) is 5.75 Å². The van der Waals surface area contributed by atoms with Gasteiger partial charge in [0.15, 0.2) is 0 Å². The van der Waals surface area contributed by atoms with E-state index in [4.69, 9.17) is 4.74 Å². The Bertz CT molecular complexity index is 464. The first-order chi connectivity index (χ1) is 9.10. The normalized spacial score (nSPS) is 14.7. The molecule has 1 aromatic carbocycles. The van der Waals surface area contributed by atoms with Crippen LogP contribution in [0.15, 0.2) is 24.3 Å². The molecule has 1 heterocycles. The molecule has 0 unspecified atom stereocenters. The first kappa shape index (κ1) is 13.4. The van der Waals surface area contributed by atoms with Crippen LogP contribution in [0.2, 0.25) is 0 Å². The van der Waals surface area contributed by atoms with Crippen molar-refractivity contribution in [2.24, 2.45) is 5.92 Å². The topological polar surface area (TPSA) is 58.6 Å². The number of hydrogen-bond donors (Lipinski definition) is 1. The molecule has 1 aliphatic rings. The van der Waals surface area contributed by atoms with Crippen molar-refractivity contribution < 1.29 is 14.3 Å². The van der Waals surface area contributed by atoms with Crippen molar-refractivity contribution in [3.05, 3.63) is 29.8 Å². The number of carbonyl (C=O) groups excluding carboxylic acids is 2. The zero-order valence-corrected chi connectivity index (χ0v) is 11.2. The lowest BCUT2D eigenvalue weighted by Crippen LogP contribution is -2.55. The van der Waals surface area contributed by atoms with Crippen LogP contribution in [0.1, 0.15) is 12.5 Å². The molecule has 19 heavy (non-hydrogen) atoms. The van der Waals surface area contributed by atoms with Gasteiger partial charge in [0, 0.05) is 26.6 Å². The van der Waals surface area contributed by atoms with E-state index in [-0.39, 0.29) is 17.7 Å². The van der Waals surface area contributed by atoms with Gasteiger partial charge in [-0.1, -0.05) is 12.1 Å². The van der Waals surface area contributed by atoms with Gasteiger partial charge in [0.1, 0.15) is 5.75 Å². The standard InChI is InChI=1S/C14H18N2O3/c1-10(17)16-8-12(9-16)14(18)15-7-11-3-5-13(19-2)6-4-11/h3-6,12H,7-9H2,1-2H3,(H,15,18). The number of nitrogens with zero attached hydrogens (tertiary/aromatic N) is 1. The third-order valence-corrected chi connectivity index (χ3v) is 3.32. The minimum Gasteiger partial charge on any atom is -0.497 e. The number of carbonyl (C=O) groups is 2. The van der Waals surface area contributed by atoms with E-state index < -0.39 is 0 Å². The molecule has 2 rings (SSSR count). The van der Waals surface area contributed by atoms with E-state index >= 15 is 0 Å². The summed E-state index contributed by atoms with van der Waals surface area (Å²) in [6.45, 7) is 3.08. The summed E-state index contributed by atoms with van der Waals surface area (Å²) in [6, 6.07) is 7.56. The van der Waals surface area contributed by atoms with E-state index in [0.29, 0.717) is 19.6 Å². The highest BCUT2D eigenvalue weighted by atomic mass is 16.5. The SMILES string of the molecule is COc1ccc(CNC(=O)C2CN(C(C)=O)C2)cc1. The number of methoxy groups -OCH3 is 1. The second-order valence-corrected chi connectivity index (χ2v) is 4.69. The second kappa shape index (κ2) is 5.73. The predicted octanol–water partition coefficient (Wildman–Crippen LogP) is 0.790. The van der Waals surface area contributed by atoms with Gasteiger partial charge >= 0.3 is 0 Å². The number of benzene rings is 1. The van der Waals surface area contributed by atoms with Gasteiger partial charge in [-0.2, -0.15) is 0 Å². The average Bonchev–Trinajstić information content (AvgIpc) is 2.34. The summed E-state index contributed by atoms with van der Waals surface area (Å²) in [5.41, 5.74) is 1.02. The molecule has 1 aromatic rings. The number of amides is 2. The van der Waals surface area contributed by atoms with Crippen LogP contribution in [-0.2, 0) is 16.1 Å². The van der Waals surface area contributed by atoms with Crippen LogP contribution in [0.4, 0.5) is 0 Å². The van der Waals surface area contributed by atoms with Crippen molar-refractivity contribution in [2.45, 2.75) is 13.5 Å². The summed E-state index contributed by atoms with van der Waals surface area (Å²) in [5, 5.41) is 2.88. The van der Waals surface area contributed by atoms with E-state index in [1.165, 1.54) is 6.92 Å². The van der Waals surface area contributed by atoms with E-state index in [0.717, 1.165) is 11.3 Å². The molecule has 1 fully saturated rings. The van der Waals surface area contributed by atoms with E-state index in [1.807, 2.05) is 24.3 Å². The maximum absolute atomic E-state index is 11.8. The van der Waals surface area contributed by atoms with Crippen LogP contribution >= 0.6 is 0 Å². The molecule has 0 atom stereocenters. The molecule has 0 radical (unpaired) electrons. The molecule has 1 N–H and O–H groups in total. The second-order valence-electron chi connectivity index (χ2n) is 4.69. The Labute approximate surface area is 112 Å². The lowest BCUT2D eigenvalue weighted by Gasteiger charge is -2.37. The van der Waals surface area contributed by atoms with Crippen LogP contribution in [0.25, 0.3) is 0 Å². The van der Waals surface area contributed by atoms with Crippen molar-refractivity contribution in [1.82, 2.24) is 10.2 Å². The highest BCUT2D eigenvalue weighted by molar-refractivity contribution is 5.83. The average molecular weight is 262 g/mol. The molecule has 5 heteroatoms. The summed E-state index contributed by atoms with van der Waals surface area (Å²) in [6.07, 6.45) is 0. The van der Waals surface area contributed by atoms with Crippen molar-refractivity contribution in [3.63, 3.8) is 0 Å². The highest BCUT2D eigenvalue weighted by Gasteiger charge is 2.33. The Kier molecular flexibility index (Phi) is 4.04. The summed E-state index contributed by atoms with van der Waals surface area (Å²) in [7, 11) is 1.62. The summed E-state index contributed by atoms with van der Waals surface area (Å²) >= 11 is 0. The number of likely N-dealkylation sites (tertiary alicyclic amines) is 1. The lowest BCUT2D eigenvalue weighted by molar-refractivity contribution is -0.141. The Hall–Kier alpha value is -2.04. The fourth-order valence-corrected chi connectivity index (χ4v) is 1.98. The van der Waals surface area contributed by atoms with Crippen molar-refractivity contribution in [2.75, 3.05) is 20.2 Å². The monoisotopic (exact) mass is 262 g/mol. The third kappa shape index (κ3) is 3.24. The fraction of sp³-hybridized carbons (Fsp3) is 0.429. The Morgan fingerprint density at radius 2 is 1.95 bits per heavy atom. The quantitative estimate of drug-likeness (QED) is 0.872. The molecular formula is C14H18N2O3. The van der Waals surface area contributed by atoms with Gasteiger partial charge in [-0.05, 0) is 17.7 Å². The molecule has 2 amide bonds. The van der Waals surface area contributed by atoms with E-state index in [9.17, 15) is 9.59 Å². The van der Waals surface area contributed by atoms with Crippen LogP contribution in [0.3, 0.4) is 0 Å². The van der Waals surface area contributed by atoms with Gasteiger partial charge in [-0.3, -0.25) is 9.59 Å². The molecular weight excluding hydrogens is 244 g/mol. The van der Waals surface area contributed by atoms with Gasteiger partial charge in [-0.15, -0.1) is 0 Å². The van der Waals surface area contributed by atoms with Gasteiger partial charge in [0.05, 0.1) is 13.0 Å². The number of rotatable bonds is 4. The maximum Gasteiger partial charge on any atom is 0.226 e.